The van der Waals surface area contributed by atoms with E-state index in [-0.39, 0.29) is 23.5 Å². The molecule has 1 fully saturated rings. The number of benzene rings is 1. The van der Waals surface area contributed by atoms with Crippen molar-refractivity contribution in [2.75, 3.05) is 13.1 Å². The summed E-state index contributed by atoms with van der Waals surface area (Å²) in [5.74, 6) is -0.593. The van der Waals surface area contributed by atoms with Crippen molar-refractivity contribution >= 4 is 11.8 Å². The number of aromatic nitrogens is 2. The fourth-order valence-corrected chi connectivity index (χ4v) is 3.46. The van der Waals surface area contributed by atoms with Gasteiger partial charge in [-0.05, 0) is 44.5 Å². The van der Waals surface area contributed by atoms with E-state index in [9.17, 15) is 18.8 Å². The summed E-state index contributed by atoms with van der Waals surface area (Å²) in [7, 11) is 0. The molecule has 3 rings (SSSR count). The molecule has 0 saturated carbocycles. The zero-order valence-electron chi connectivity index (χ0n) is 17.9. The Bertz CT molecular complexity index is 998. The average Bonchev–Trinajstić information content (AvgIpc) is 2.76. The molecule has 0 unspecified atom stereocenters. The second-order valence-corrected chi connectivity index (χ2v) is 7.66. The molecule has 1 aliphatic heterocycles. The number of amides is 2. The number of halogens is 1. The predicted molar refractivity (Wildman–Crippen MR) is 113 cm³/mol. The maximum atomic E-state index is 13.0. The first-order chi connectivity index (χ1) is 14.8. The number of H-pyrrole nitrogens is 1. The molecule has 1 saturated heterocycles. The van der Waals surface area contributed by atoms with Crippen LogP contribution >= 0.6 is 0 Å². The van der Waals surface area contributed by atoms with Crippen molar-refractivity contribution in [1.29, 1.82) is 0 Å². The number of likely N-dealkylation sites (tertiary alicyclic amines) is 1. The lowest BCUT2D eigenvalue weighted by Crippen LogP contribution is -2.52. The van der Waals surface area contributed by atoms with Gasteiger partial charge < -0.3 is 19.9 Å². The molecule has 31 heavy (non-hydrogen) atoms. The van der Waals surface area contributed by atoms with Gasteiger partial charge in [0.25, 0.3) is 11.5 Å². The first-order valence-corrected chi connectivity index (χ1v) is 10.4. The fraction of sp³-hybridized carbons (Fsp3) is 0.455. The highest BCUT2D eigenvalue weighted by Crippen LogP contribution is 2.20. The molecule has 1 aliphatic rings. The number of aryl methyl sites for hydroxylation is 2. The van der Waals surface area contributed by atoms with Crippen molar-refractivity contribution in [1.82, 2.24) is 20.2 Å². The summed E-state index contributed by atoms with van der Waals surface area (Å²) in [5, 5.41) is 2.64. The molecular formula is C22H27FN4O4. The van der Waals surface area contributed by atoms with E-state index in [0.29, 0.717) is 49.5 Å². The van der Waals surface area contributed by atoms with Crippen molar-refractivity contribution in [2.24, 2.45) is 0 Å². The topological polar surface area (TPSA) is 104 Å². The Hall–Kier alpha value is -3.23. The number of nitrogens with one attached hydrogen (secondary N) is 2. The van der Waals surface area contributed by atoms with Gasteiger partial charge in [0.15, 0.2) is 5.69 Å². The van der Waals surface area contributed by atoms with E-state index >= 15 is 0 Å². The summed E-state index contributed by atoms with van der Waals surface area (Å²) in [6, 6.07) is 5.11. The first-order valence-electron chi connectivity index (χ1n) is 10.4. The number of aromatic amines is 1. The summed E-state index contributed by atoms with van der Waals surface area (Å²) < 4.78 is 18.9. The second kappa shape index (κ2) is 9.72. The summed E-state index contributed by atoms with van der Waals surface area (Å²) in [6.07, 6.45) is 1.58. The Labute approximate surface area is 179 Å². The third-order valence-electron chi connectivity index (χ3n) is 5.44. The minimum atomic E-state index is -0.745. The minimum Gasteiger partial charge on any atom is -0.490 e. The number of nitrogens with zero attached hydrogens (tertiary/aromatic N) is 2. The number of hydrogen-bond donors (Lipinski definition) is 2. The Morgan fingerprint density at radius 3 is 2.52 bits per heavy atom. The first kappa shape index (κ1) is 22.5. The van der Waals surface area contributed by atoms with E-state index in [4.69, 9.17) is 4.74 Å². The highest BCUT2D eigenvalue weighted by atomic mass is 19.1. The maximum absolute atomic E-state index is 13.0. The van der Waals surface area contributed by atoms with E-state index in [0.717, 1.165) is 0 Å². The molecule has 0 bridgehead atoms. The Morgan fingerprint density at radius 2 is 1.90 bits per heavy atom. The van der Waals surface area contributed by atoms with Crippen LogP contribution in [-0.2, 0) is 4.79 Å². The van der Waals surface area contributed by atoms with E-state index in [2.05, 4.69) is 15.3 Å². The largest absolute Gasteiger partial charge is 0.490 e. The van der Waals surface area contributed by atoms with Crippen LogP contribution in [0.1, 0.15) is 48.1 Å². The van der Waals surface area contributed by atoms with Crippen LogP contribution in [0.2, 0.25) is 0 Å². The van der Waals surface area contributed by atoms with E-state index in [1.807, 2.05) is 0 Å². The van der Waals surface area contributed by atoms with Gasteiger partial charge in [-0.25, -0.2) is 9.37 Å². The quantitative estimate of drug-likeness (QED) is 0.730. The van der Waals surface area contributed by atoms with Crippen LogP contribution in [0.5, 0.6) is 5.75 Å². The van der Waals surface area contributed by atoms with Crippen molar-refractivity contribution < 1.29 is 18.7 Å². The summed E-state index contributed by atoms with van der Waals surface area (Å²) in [5.41, 5.74) is 0.310. The molecule has 2 amide bonds. The Balaban J connectivity index is 1.57. The number of piperidine rings is 1. The summed E-state index contributed by atoms with van der Waals surface area (Å²) >= 11 is 0. The van der Waals surface area contributed by atoms with Crippen LogP contribution < -0.4 is 15.6 Å². The highest BCUT2D eigenvalue weighted by Gasteiger charge is 2.30. The standard InChI is InChI=1S/C22H27FN4O4/c1-4-18(26-21(29)19-20(28)25-14(3)13(2)24-19)22(30)27-11-9-17(10-12-27)31-16-7-5-15(23)6-8-16/h5-8,17-18H,4,9-12H2,1-3H3,(H,25,28)(H,26,29)/t18-/m0/s1. The van der Waals surface area contributed by atoms with Crippen molar-refractivity contribution in [3.63, 3.8) is 0 Å². The molecule has 9 heteroatoms. The van der Waals surface area contributed by atoms with Crippen LogP contribution in [0, 0.1) is 19.7 Å². The molecule has 8 nitrogen and oxygen atoms in total. The number of carbonyl (C=O) groups is 2. The smallest absolute Gasteiger partial charge is 0.279 e. The molecule has 2 N–H and O–H groups in total. The zero-order valence-corrected chi connectivity index (χ0v) is 17.9. The van der Waals surface area contributed by atoms with Gasteiger partial charge in [-0.1, -0.05) is 6.92 Å². The maximum Gasteiger partial charge on any atom is 0.279 e. The predicted octanol–water partition coefficient (Wildman–Crippen LogP) is 2.10. The monoisotopic (exact) mass is 430 g/mol. The lowest BCUT2D eigenvalue weighted by molar-refractivity contribution is -0.135. The van der Waals surface area contributed by atoms with E-state index in [1.165, 1.54) is 12.1 Å². The molecule has 0 aliphatic carbocycles. The van der Waals surface area contributed by atoms with Gasteiger partial charge in [0, 0.05) is 31.6 Å². The molecule has 0 spiro atoms. The van der Waals surface area contributed by atoms with Gasteiger partial charge in [0.05, 0.1) is 5.69 Å². The third-order valence-corrected chi connectivity index (χ3v) is 5.44. The van der Waals surface area contributed by atoms with E-state index < -0.39 is 17.5 Å². The average molecular weight is 430 g/mol. The molecule has 2 heterocycles. The van der Waals surface area contributed by atoms with Crippen LogP contribution in [0.25, 0.3) is 0 Å². The normalized spacial score (nSPS) is 15.4. The summed E-state index contributed by atoms with van der Waals surface area (Å²) in [6.45, 7) is 6.17. The highest BCUT2D eigenvalue weighted by molar-refractivity contribution is 5.95. The van der Waals surface area contributed by atoms with Crippen molar-refractivity contribution in [3.05, 3.63) is 57.5 Å². The van der Waals surface area contributed by atoms with E-state index in [1.54, 1.807) is 37.8 Å². The lowest BCUT2D eigenvalue weighted by atomic mass is 10.1. The Kier molecular flexibility index (Phi) is 7.04. The van der Waals surface area contributed by atoms with Gasteiger partial charge in [0.1, 0.15) is 23.7 Å². The third kappa shape index (κ3) is 5.48. The molecular weight excluding hydrogens is 403 g/mol. The van der Waals surface area contributed by atoms with Crippen molar-refractivity contribution in [2.45, 2.75) is 52.2 Å². The van der Waals surface area contributed by atoms with Crippen LogP contribution in [0.4, 0.5) is 4.39 Å². The van der Waals surface area contributed by atoms with Gasteiger partial charge in [0.2, 0.25) is 5.91 Å². The molecule has 1 atom stereocenters. The van der Waals surface area contributed by atoms with Gasteiger partial charge >= 0.3 is 0 Å². The number of rotatable bonds is 6. The number of carbonyl (C=O) groups excluding carboxylic acids is 2. The molecule has 1 aromatic carbocycles. The number of hydrogen-bond acceptors (Lipinski definition) is 5. The van der Waals surface area contributed by atoms with Crippen LogP contribution in [0.3, 0.4) is 0 Å². The van der Waals surface area contributed by atoms with Crippen LogP contribution in [0.15, 0.2) is 29.1 Å². The minimum absolute atomic E-state index is 0.0672. The summed E-state index contributed by atoms with van der Waals surface area (Å²) in [4.78, 5) is 45.9. The number of ether oxygens (including phenoxy) is 1. The second-order valence-electron chi connectivity index (χ2n) is 7.66. The fourth-order valence-electron chi connectivity index (χ4n) is 3.46. The van der Waals surface area contributed by atoms with Gasteiger partial charge in [-0.15, -0.1) is 0 Å². The molecule has 166 valence electrons. The van der Waals surface area contributed by atoms with Crippen LogP contribution in [-0.4, -0.2) is 51.9 Å². The molecule has 0 radical (unpaired) electrons. The lowest BCUT2D eigenvalue weighted by Gasteiger charge is -2.34. The van der Waals surface area contributed by atoms with Gasteiger partial charge in [-0.2, -0.15) is 0 Å². The molecule has 2 aromatic rings. The Morgan fingerprint density at radius 1 is 1.26 bits per heavy atom. The van der Waals surface area contributed by atoms with Gasteiger partial charge in [-0.3, -0.25) is 14.4 Å². The SMILES string of the molecule is CC[C@H](NC(=O)c1nc(C)c(C)[nH]c1=O)C(=O)N1CCC(Oc2ccc(F)cc2)CC1. The molecule has 1 aromatic heterocycles. The van der Waals surface area contributed by atoms with Crippen molar-refractivity contribution in [3.8, 4) is 5.75 Å². The zero-order chi connectivity index (χ0) is 22.5.